The third-order valence-electron chi connectivity index (χ3n) is 5.20. The van der Waals surface area contributed by atoms with Crippen molar-refractivity contribution in [1.29, 1.82) is 0 Å². The molecule has 1 heterocycles. The molecule has 2 nitrogen and oxygen atoms in total. The first-order valence-electron chi connectivity index (χ1n) is 8.41. The van der Waals surface area contributed by atoms with E-state index in [4.69, 9.17) is 0 Å². The summed E-state index contributed by atoms with van der Waals surface area (Å²) in [5.41, 5.74) is 1.42. The molecule has 0 bridgehead atoms. The highest BCUT2D eigenvalue weighted by Crippen LogP contribution is 2.27. The second kappa shape index (κ2) is 7.26. The largest absolute Gasteiger partial charge is 0.298 e. The van der Waals surface area contributed by atoms with E-state index in [9.17, 15) is 0 Å². The molecule has 21 heavy (non-hydrogen) atoms. The molecule has 0 atom stereocenters. The van der Waals surface area contributed by atoms with Crippen LogP contribution < -0.4 is 0 Å². The van der Waals surface area contributed by atoms with Gasteiger partial charge in [0, 0.05) is 43.2 Å². The smallest absolute Gasteiger partial charge is 0.0235 e. The van der Waals surface area contributed by atoms with Crippen molar-refractivity contribution in [3.05, 3.63) is 34.3 Å². The maximum absolute atomic E-state index is 3.57. The van der Waals surface area contributed by atoms with Crippen molar-refractivity contribution in [2.24, 2.45) is 5.92 Å². The second-order valence-corrected chi connectivity index (χ2v) is 7.77. The maximum atomic E-state index is 3.57. The van der Waals surface area contributed by atoms with Crippen LogP contribution in [0.25, 0.3) is 0 Å². The monoisotopic (exact) mass is 350 g/mol. The number of rotatable bonds is 3. The first-order chi connectivity index (χ1) is 10.2. The molecule has 0 amide bonds. The van der Waals surface area contributed by atoms with Crippen molar-refractivity contribution in [2.75, 3.05) is 26.2 Å². The summed E-state index contributed by atoms with van der Waals surface area (Å²) in [7, 11) is 0. The lowest BCUT2D eigenvalue weighted by atomic mass is 9.86. The van der Waals surface area contributed by atoms with Gasteiger partial charge in [0.2, 0.25) is 0 Å². The van der Waals surface area contributed by atoms with Gasteiger partial charge in [-0.05, 0) is 49.3 Å². The van der Waals surface area contributed by atoms with Crippen molar-refractivity contribution in [3.63, 3.8) is 0 Å². The molecule has 1 saturated heterocycles. The predicted molar refractivity (Wildman–Crippen MR) is 92.4 cm³/mol. The summed E-state index contributed by atoms with van der Waals surface area (Å²) in [6, 6.07) is 9.59. The Morgan fingerprint density at radius 1 is 1.05 bits per heavy atom. The molecule has 1 aromatic rings. The maximum Gasteiger partial charge on any atom is 0.0235 e. The summed E-state index contributed by atoms with van der Waals surface area (Å²) < 4.78 is 1.19. The fourth-order valence-electron chi connectivity index (χ4n) is 3.79. The van der Waals surface area contributed by atoms with Gasteiger partial charge in [0.15, 0.2) is 0 Å². The SMILES string of the molecule is CC1CCC(N2CCN(Cc3cccc(Br)c3)CC2)CC1. The average molecular weight is 351 g/mol. The Labute approximate surface area is 137 Å². The summed E-state index contributed by atoms with van der Waals surface area (Å²) in [6.45, 7) is 8.46. The van der Waals surface area contributed by atoms with Crippen LogP contribution in [0.5, 0.6) is 0 Å². The molecule has 3 rings (SSSR count). The second-order valence-electron chi connectivity index (χ2n) is 6.86. The van der Waals surface area contributed by atoms with Gasteiger partial charge >= 0.3 is 0 Å². The lowest BCUT2D eigenvalue weighted by molar-refractivity contribution is 0.0689. The van der Waals surface area contributed by atoms with Gasteiger partial charge in [-0.25, -0.2) is 0 Å². The van der Waals surface area contributed by atoms with Crippen LogP contribution in [0.15, 0.2) is 28.7 Å². The van der Waals surface area contributed by atoms with Crippen LogP contribution in [0, 0.1) is 5.92 Å². The number of benzene rings is 1. The number of nitrogens with zero attached hydrogens (tertiary/aromatic N) is 2. The zero-order chi connectivity index (χ0) is 14.7. The summed E-state index contributed by atoms with van der Waals surface area (Å²) in [6.07, 6.45) is 5.71. The van der Waals surface area contributed by atoms with E-state index in [2.05, 4.69) is 56.9 Å². The van der Waals surface area contributed by atoms with E-state index < -0.39 is 0 Å². The first kappa shape index (κ1) is 15.5. The van der Waals surface area contributed by atoms with Crippen LogP contribution >= 0.6 is 15.9 Å². The minimum Gasteiger partial charge on any atom is -0.298 e. The van der Waals surface area contributed by atoms with Crippen molar-refractivity contribution in [3.8, 4) is 0 Å². The molecule has 3 heteroatoms. The third kappa shape index (κ3) is 4.30. The van der Waals surface area contributed by atoms with Crippen molar-refractivity contribution in [2.45, 2.75) is 45.2 Å². The van der Waals surface area contributed by atoms with Crippen LogP contribution in [-0.2, 0) is 6.54 Å². The molecular formula is C18H27BrN2. The third-order valence-corrected chi connectivity index (χ3v) is 5.70. The standard InChI is InChI=1S/C18H27BrN2/c1-15-5-7-18(8-6-15)21-11-9-20(10-12-21)14-16-3-2-4-17(19)13-16/h2-4,13,15,18H,5-12,14H2,1H3. The summed E-state index contributed by atoms with van der Waals surface area (Å²) in [5.74, 6) is 0.957. The Hall–Kier alpha value is -0.380. The fraction of sp³-hybridized carbons (Fsp3) is 0.667. The van der Waals surface area contributed by atoms with E-state index >= 15 is 0 Å². The normalized spacial score (nSPS) is 28.7. The molecule has 0 N–H and O–H groups in total. The highest BCUT2D eigenvalue weighted by atomic mass is 79.9. The van der Waals surface area contributed by atoms with Gasteiger partial charge < -0.3 is 0 Å². The molecule has 1 aromatic carbocycles. The average Bonchev–Trinajstić information content (AvgIpc) is 2.49. The number of piperazine rings is 1. The van der Waals surface area contributed by atoms with Crippen molar-refractivity contribution >= 4 is 15.9 Å². The number of hydrogen-bond donors (Lipinski definition) is 0. The van der Waals surface area contributed by atoms with Gasteiger partial charge in [-0.1, -0.05) is 35.0 Å². The molecule has 1 aliphatic heterocycles. The van der Waals surface area contributed by atoms with Crippen LogP contribution in [0.3, 0.4) is 0 Å². The topological polar surface area (TPSA) is 6.48 Å². The molecule has 1 aliphatic carbocycles. The molecule has 0 aromatic heterocycles. The Kier molecular flexibility index (Phi) is 5.36. The predicted octanol–water partition coefficient (Wildman–Crippen LogP) is 4.15. The van der Waals surface area contributed by atoms with Crippen molar-refractivity contribution in [1.82, 2.24) is 9.80 Å². The van der Waals surface area contributed by atoms with Crippen LogP contribution in [0.2, 0.25) is 0 Å². The Bertz CT molecular complexity index is 446. The fourth-order valence-corrected chi connectivity index (χ4v) is 4.23. The van der Waals surface area contributed by atoms with Gasteiger partial charge in [0.25, 0.3) is 0 Å². The van der Waals surface area contributed by atoms with E-state index in [-0.39, 0.29) is 0 Å². The highest BCUT2D eigenvalue weighted by molar-refractivity contribution is 9.10. The number of halogens is 1. The molecule has 2 aliphatic rings. The van der Waals surface area contributed by atoms with Crippen LogP contribution in [0.1, 0.15) is 38.2 Å². The van der Waals surface area contributed by atoms with E-state index in [1.807, 2.05) is 0 Å². The minimum atomic E-state index is 0.870. The molecular weight excluding hydrogens is 324 g/mol. The van der Waals surface area contributed by atoms with E-state index in [1.54, 1.807) is 0 Å². The summed E-state index contributed by atoms with van der Waals surface area (Å²) >= 11 is 3.57. The van der Waals surface area contributed by atoms with Crippen molar-refractivity contribution < 1.29 is 0 Å². The van der Waals surface area contributed by atoms with E-state index in [0.29, 0.717) is 0 Å². The van der Waals surface area contributed by atoms with Gasteiger partial charge in [-0.3, -0.25) is 9.80 Å². The minimum absolute atomic E-state index is 0.870. The summed E-state index contributed by atoms with van der Waals surface area (Å²) in [5, 5.41) is 0. The van der Waals surface area contributed by atoms with Crippen LogP contribution in [0.4, 0.5) is 0 Å². The molecule has 0 spiro atoms. The van der Waals surface area contributed by atoms with E-state index in [0.717, 1.165) is 18.5 Å². The summed E-state index contributed by atoms with van der Waals surface area (Å²) in [4.78, 5) is 5.35. The first-order valence-corrected chi connectivity index (χ1v) is 9.21. The quantitative estimate of drug-likeness (QED) is 0.807. The lowest BCUT2D eigenvalue weighted by Crippen LogP contribution is -2.50. The van der Waals surface area contributed by atoms with Gasteiger partial charge in [0.1, 0.15) is 0 Å². The highest BCUT2D eigenvalue weighted by Gasteiger charge is 2.26. The molecule has 0 unspecified atom stereocenters. The van der Waals surface area contributed by atoms with Gasteiger partial charge in [0.05, 0.1) is 0 Å². The number of hydrogen-bond acceptors (Lipinski definition) is 2. The van der Waals surface area contributed by atoms with Gasteiger partial charge in [-0.2, -0.15) is 0 Å². The van der Waals surface area contributed by atoms with Gasteiger partial charge in [-0.15, -0.1) is 0 Å². The zero-order valence-electron chi connectivity index (χ0n) is 13.1. The molecule has 116 valence electrons. The lowest BCUT2D eigenvalue weighted by Gasteiger charge is -2.41. The Morgan fingerprint density at radius 3 is 2.43 bits per heavy atom. The molecule has 1 saturated carbocycles. The zero-order valence-corrected chi connectivity index (χ0v) is 14.7. The molecule has 0 radical (unpaired) electrons. The van der Waals surface area contributed by atoms with E-state index in [1.165, 1.54) is 61.9 Å². The Balaban J connectivity index is 1.47. The Morgan fingerprint density at radius 2 is 1.76 bits per heavy atom. The molecule has 2 fully saturated rings. The van der Waals surface area contributed by atoms with Crippen LogP contribution in [-0.4, -0.2) is 42.0 Å².